The minimum Gasteiger partial charge on any atom is -0.460 e. The fourth-order valence-electron chi connectivity index (χ4n) is 13.1. The number of ether oxygens (including phenoxy) is 3. The van der Waals surface area contributed by atoms with E-state index in [2.05, 4.69) is 29.7 Å². The summed E-state index contributed by atoms with van der Waals surface area (Å²) in [4.78, 5) is 64.5. The highest BCUT2D eigenvalue weighted by Crippen LogP contribution is 2.70. The topological polar surface area (TPSA) is 204 Å². The highest BCUT2D eigenvalue weighted by Gasteiger charge is 2.76. The van der Waals surface area contributed by atoms with E-state index in [9.17, 15) is 34.2 Å². The van der Waals surface area contributed by atoms with Crippen LogP contribution in [0.5, 0.6) is 0 Å². The molecule has 1 aromatic rings. The third kappa shape index (κ3) is 7.00. The number of ketones is 2. The standard InChI is InChI=1S/C47H63N3O10/c1-43(2,3)59-39(56)14-13-33(49-38(55)24-48)41(57)50-35-21-29(46(35)16-6-17-46)19-26-7-9-27(10-8-26)42-58-37-22-32-31-12-11-28-20-30(52)15-18-44(28,4)40(31)34(53)23-45(32,5)47(37,60-42)36(54)25-51/h7-10,15,18,20,29,31-35,37,40,42,51,53H,6,11-14,16-17,19,21-25,48H2,1-5H3,(H,49,55)(H,50,57)/t29?,31-,32-,33-,34-,35?,37+,40+,42+,44-,45-,47+/m0/s1. The molecule has 1 heterocycles. The number of esters is 1. The molecule has 326 valence electrons. The maximum Gasteiger partial charge on any atom is 0.306 e. The van der Waals surface area contributed by atoms with E-state index in [0.717, 1.165) is 61.6 Å². The summed E-state index contributed by atoms with van der Waals surface area (Å²) >= 11 is 0. The lowest BCUT2D eigenvalue weighted by Gasteiger charge is -2.62. The second-order valence-corrected chi connectivity index (χ2v) is 20.3. The number of nitrogens with one attached hydrogen (secondary N) is 2. The number of Topliss-reactive ketones (excluding diaryl/α,β-unsaturated/α-hetero) is 1. The lowest BCUT2D eigenvalue weighted by molar-refractivity contribution is -0.201. The van der Waals surface area contributed by atoms with Crippen molar-refractivity contribution in [3.63, 3.8) is 0 Å². The van der Waals surface area contributed by atoms with Gasteiger partial charge in [0.25, 0.3) is 0 Å². The highest BCUT2D eigenvalue weighted by molar-refractivity contribution is 6.01. The first kappa shape index (κ1) is 42.9. The van der Waals surface area contributed by atoms with Gasteiger partial charge in [0.1, 0.15) is 18.2 Å². The molecular weight excluding hydrogens is 767 g/mol. The number of hydrogen-bond donors (Lipinski definition) is 5. The number of fused-ring (bicyclic) bond motifs is 7. The number of nitrogens with two attached hydrogens (primary N) is 1. The van der Waals surface area contributed by atoms with E-state index < -0.39 is 70.8 Å². The van der Waals surface area contributed by atoms with Crippen LogP contribution in [0.3, 0.4) is 0 Å². The summed E-state index contributed by atoms with van der Waals surface area (Å²) in [5.41, 5.74) is 5.18. The normalized spacial score (nSPS) is 37.6. The number of aliphatic hydroxyl groups excluding tert-OH is 2. The Kier molecular flexibility index (Phi) is 11.1. The summed E-state index contributed by atoms with van der Waals surface area (Å²) in [5.74, 6) is -1.32. The lowest BCUT2D eigenvalue weighted by Crippen LogP contribution is -2.66. The maximum absolute atomic E-state index is 14.0. The number of rotatable bonds is 12. The van der Waals surface area contributed by atoms with Crippen LogP contribution in [0.1, 0.15) is 116 Å². The van der Waals surface area contributed by atoms with Crippen LogP contribution in [0.25, 0.3) is 0 Å². The van der Waals surface area contributed by atoms with Crippen LogP contribution in [-0.2, 0) is 44.6 Å². The van der Waals surface area contributed by atoms with E-state index in [1.54, 1.807) is 32.9 Å². The number of amides is 2. The molecule has 6 fully saturated rings. The van der Waals surface area contributed by atoms with Gasteiger partial charge in [-0.3, -0.25) is 24.0 Å². The zero-order valence-corrected chi connectivity index (χ0v) is 35.7. The highest BCUT2D eigenvalue weighted by atomic mass is 16.7. The van der Waals surface area contributed by atoms with Gasteiger partial charge in [0.2, 0.25) is 11.8 Å². The van der Waals surface area contributed by atoms with E-state index in [4.69, 9.17) is 19.9 Å². The number of allylic oxidation sites excluding steroid dienone is 4. The monoisotopic (exact) mass is 829 g/mol. The minimum absolute atomic E-state index is 0.0156. The van der Waals surface area contributed by atoms with Gasteiger partial charge in [-0.15, -0.1) is 0 Å². The molecule has 0 aromatic heterocycles. The molecule has 1 spiro atoms. The van der Waals surface area contributed by atoms with Crippen LogP contribution in [0.4, 0.5) is 0 Å². The first-order valence-corrected chi connectivity index (χ1v) is 22.1. The molecule has 7 aliphatic rings. The van der Waals surface area contributed by atoms with E-state index in [1.165, 1.54) is 0 Å². The molecule has 12 atom stereocenters. The van der Waals surface area contributed by atoms with Crippen LogP contribution >= 0.6 is 0 Å². The van der Waals surface area contributed by atoms with Gasteiger partial charge >= 0.3 is 5.97 Å². The average molecular weight is 830 g/mol. The second kappa shape index (κ2) is 15.6. The Morgan fingerprint density at radius 2 is 1.82 bits per heavy atom. The molecule has 1 aliphatic heterocycles. The molecule has 8 rings (SSSR count). The molecule has 6 N–H and O–H groups in total. The van der Waals surface area contributed by atoms with Crippen molar-refractivity contribution < 1.29 is 48.4 Å². The van der Waals surface area contributed by atoms with Crippen LogP contribution < -0.4 is 16.4 Å². The summed E-state index contributed by atoms with van der Waals surface area (Å²) in [6, 6.07) is 7.16. The summed E-state index contributed by atoms with van der Waals surface area (Å²) in [5, 5.41) is 28.3. The average Bonchev–Trinajstić information content (AvgIpc) is 3.67. The number of hydrogen-bond acceptors (Lipinski definition) is 11. The smallest absolute Gasteiger partial charge is 0.306 e. The molecule has 60 heavy (non-hydrogen) atoms. The van der Waals surface area contributed by atoms with E-state index in [1.807, 2.05) is 25.1 Å². The first-order chi connectivity index (χ1) is 28.4. The number of benzene rings is 1. The van der Waals surface area contributed by atoms with Crippen molar-refractivity contribution in [3.8, 4) is 0 Å². The fourth-order valence-corrected chi connectivity index (χ4v) is 13.1. The van der Waals surface area contributed by atoms with Crippen LogP contribution in [0.15, 0.2) is 48.1 Å². The van der Waals surface area contributed by atoms with Gasteiger partial charge in [0.15, 0.2) is 23.5 Å². The van der Waals surface area contributed by atoms with Gasteiger partial charge in [-0.05, 0) is 119 Å². The summed E-state index contributed by atoms with van der Waals surface area (Å²) in [7, 11) is 0. The van der Waals surface area contributed by atoms with Gasteiger partial charge in [-0.1, -0.05) is 56.2 Å². The molecule has 6 aliphatic carbocycles. The van der Waals surface area contributed by atoms with E-state index >= 15 is 0 Å². The number of carbonyl (C=O) groups is 5. The molecule has 1 aromatic carbocycles. The van der Waals surface area contributed by atoms with Crippen LogP contribution in [-0.4, -0.2) is 88.2 Å². The Morgan fingerprint density at radius 1 is 1.08 bits per heavy atom. The zero-order chi connectivity index (χ0) is 43.0. The van der Waals surface area contributed by atoms with Gasteiger partial charge < -0.3 is 40.8 Å². The predicted octanol–water partition coefficient (Wildman–Crippen LogP) is 4.07. The zero-order valence-electron chi connectivity index (χ0n) is 35.7. The Bertz CT molecular complexity index is 1970. The Hall–Kier alpha value is -3.75. The van der Waals surface area contributed by atoms with Crippen molar-refractivity contribution in [1.82, 2.24) is 10.6 Å². The molecule has 13 nitrogen and oxygen atoms in total. The van der Waals surface area contributed by atoms with Crippen molar-refractivity contribution in [2.45, 2.75) is 147 Å². The van der Waals surface area contributed by atoms with Crippen LogP contribution in [0, 0.1) is 39.9 Å². The fraction of sp³-hybridized carbons (Fsp3) is 0.681. The molecular formula is C47H63N3O10. The SMILES string of the molecule is CC(C)(C)OC(=O)CC[C@H](NC(=O)CN)C(=O)NC1CC(Cc2ccc([C@@H]3O[C@@H]4C[C@H]5[C@@H]6CCC7=CC(=O)C=C[C@]7(C)[C@H]6[C@@H](O)C[C@]5(C)[C@]4(C(=O)CO)O3)cc2)C12CCC2. The molecule has 0 bridgehead atoms. The Labute approximate surface area is 352 Å². The number of carbonyl (C=O) groups excluding carboxylic acids is 5. The maximum atomic E-state index is 14.0. The molecule has 2 unspecified atom stereocenters. The van der Waals surface area contributed by atoms with Crippen molar-refractivity contribution >= 4 is 29.4 Å². The lowest BCUT2D eigenvalue weighted by atomic mass is 9.46. The quantitative estimate of drug-likeness (QED) is 0.190. The third-order valence-corrected chi connectivity index (χ3v) is 16.1. The Morgan fingerprint density at radius 3 is 2.47 bits per heavy atom. The summed E-state index contributed by atoms with van der Waals surface area (Å²) in [6.45, 7) is 8.55. The van der Waals surface area contributed by atoms with Gasteiger partial charge in [0, 0.05) is 34.8 Å². The van der Waals surface area contributed by atoms with Crippen molar-refractivity contribution in [2.75, 3.05) is 13.2 Å². The van der Waals surface area contributed by atoms with E-state index in [-0.39, 0.29) is 60.3 Å². The van der Waals surface area contributed by atoms with Gasteiger partial charge in [-0.2, -0.15) is 0 Å². The molecule has 5 saturated carbocycles. The van der Waals surface area contributed by atoms with E-state index in [0.29, 0.717) is 18.8 Å². The first-order valence-electron chi connectivity index (χ1n) is 22.1. The van der Waals surface area contributed by atoms with Crippen molar-refractivity contribution in [2.24, 2.45) is 45.7 Å². The van der Waals surface area contributed by atoms with Crippen molar-refractivity contribution in [3.05, 3.63) is 59.2 Å². The molecule has 1 saturated heterocycles. The van der Waals surface area contributed by atoms with Crippen molar-refractivity contribution in [1.29, 1.82) is 0 Å². The third-order valence-electron chi connectivity index (χ3n) is 16.1. The minimum atomic E-state index is -1.42. The second-order valence-electron chi connectivity index (χ2n) is 20.3. The number of aliphatic hydroxyl groups is 2. The summed E-state index contributed by atoms with van der Waals surface area (Å²) < 4.78 is 18.9. The van der Waals surface area contributed by atoms with Crippen LogP contribution in [0.2, 0.25) is 0 Å². The van der Waals surface area contributed by atoms with Gasteiger partial charge in [-0.25, -0.2) is 0 Å². The molecule has 0 radical (unpaired) electrons. The largest absolute Gasteiger partial charge is 0.460 e. The summed E-state index contributed by atoms with van der Waals surface area (Å²) in [6.07, 6.45) is 10.4. The molecule has 13 heteroatoms. The van der Waals surface area contributed by atoms with Gasteiger partial charge in [0.05, 0.1) is 18.8 Å². The molecule has 2 amide bonds. The Balaban J connectivity index is 0.924. The predicted molar refractivity (Wildman–Crippen MR) is 219 cm³/mol.